The van der Waals surface area contributed by atoms with Crippen LogP contribution < -0.4 is 5.32 Å². The van der Waals surface area contributed by atoms with Crippen molar-refractivity contribution in [1.82, 2.24) is 0 Å². The number of rotatable bonds is 2. The second kappa shape index (κ2) is 6.53. The lowest BCUT2D eigenvalue weighted by Gasteiger charge is -2.19. The van der Waals surface area contributed by atoms with Gasteiger partial charge in [-0.05, 0) is 44.5 Å². The summed E-state index contributed by atoms with van der Waals surface area (Å²) in [6.07, 6.45) is 0.486. The normalized spacial score (nSPS) is 10.0. The number of hydrogen-bond acceptors (Lipinski definition) is 4. The molecule has 21 heavy (non-hydrogen) atoms. The van der Waals surface area contributed by atoms with Gasteiger partial charge in [-0.1, -0.05) is 6.07 Å². The minimum Gasteiger partial charge on any atom is -0.444 e. The molecule has 0 heterocycles. The zero-order chi connectivity index (χ0) is 16.0. The van der Waals surface area contributed by atoms with Crippen LogP contribution in [-0.4, -0.2) is 11.7 Å². The molecule has 1 aromatic carbocycles. The van der Waals surface area contributed by atoms with Gasteiger partial charge in [0, 0.05) is 0 Å². The van der Waals surface area contributed by atoms with Gasteiger partial charge >= 0.3 is 6.09 Å². The third kappa shape index (κ3) is 5.33. The van der Waals surface area contributed by atoms with Crippen LogP contribution in [0, 0.1) is 28.5 Å². The van der Waals surface area contributed by atoms with E-state index in [4.69, 9.17) is 15.3 Å². The predicted molar refractivity (Wildman–Crippen MR) is 75.5 cm³/mol. The summed E-state index contributed by atoms with van der Waals surface area (Å²) >= 11 is 0. The molecule has 5 nitrogen and oxygen atoms in total. The summed E-state index contributed by atoms with van der Waals surface area (Å²) in [4.78, 5) is 11.5. The molecular weight excluding hydrogens is 273 g/mol. The van der Waals surface area contributed by atoms with E-state index in [9.17, 15) is 9.18 Å². The number of allylic oxidation sites excluding steroid dienone is 1. The lowest BCUT2D eigenvalue weighted by atomic mass is 10.1. The van der Waals surface area contributed by atoms with Gasteiger partial charge in [-0.3, -0.25) is 5.32 Å². The first-order valence-electron chi connectivity index (χ1n) is 6.06. The summed E-state index contributed by atoms with van der Waals surface area (Å²) in [6.45, 7) is 5.09. The molecular formula is C15H14FN3O2. The van der Waals surface area contributed by atoms with E-state index in [2.05, 4.69) is 5.32 Å². The summed E-state index contributed by atoms with van der Waals surface area (Å²) in [7, 11) is 0. The average molecular weight is 287 g/mol. The first-order chi connectivity index (χ1) is 9.75. The number of ether oxygens (including phenoxy) is 1. The van der Waals surface area contributed by atoms with Crippen molar-refractivity contribution in [1.29, 1.82) is 10.5 Å². The highest BCUT2D eigenvalue weighted by Gasteiger charge is 2.17. The molecule has 1 rings (SSSR count). The maximum absolute atomic E-state index is 13.8. The van der Waals surface area contributed by atoms with Crippen molar-refractivity contribution in [3.05, 3.63) is 35.2 Å². The van der Waals surface area contributed by atoms with Crippen molar-refractivity contribution >= 4 is 17.9 Å². The molecule has 6 heteroatoms. The lowest BCUT2D eigenvalue weighted by Crippen LogP contribution is -2.27. The third-order valence-corrected chi connectivity index (χ3v) is 2.18. The molecule has 0 bridgehead atoms. The first-order valence-corrected chi connectivity index (χ1v) is 6.06. The van der Waals surface area contributed by atoms with Gasteiger partial charge in [0.05, 0.1) is 5.69 Å². The standard InChI is InChI=1S/C15H14FN3O2/c1-15(2,3)21-14(20)19-13-5-4-10(7-12(13)16)6-11(8-17)9-18/h4-7H,1-3H3,(H,19,20). The Bertz CT molecular complexity index is 645. The average Bonchev–Trinajstić information content (AvgIpc) is 2.36. The number of hydrogen-bond donors (Lipinski definition) is 1. The van der Waals surface area contributed by atoms with Crippen LogP contribution in [0.4, 0.5) is 14.9 Å². The van der Waals surface area contributed by atoms with Crippen LogP contribution in [0.15, 0.2) is 23.8 Å². The first kappa shape index (κ1) is 16.2. The molecule has 1 N–H and O–H groups in total. The molecule has 0 aliphatic heterocycles. The van der Waals surface area contributed by atoms with Crippen molar-refractivity contribution in [3.8, 4) is 12.1 Å². The Labute approximate surface area is 122 Å². The van der Waals surface area contributed by atoms with E-state index < -0.39 is 17.5 Å². The SMILES string of the molecule is CC(C)(C)OC(=O)Nc1ccc(C=C(C#N)C#N)cc1F. The minimum atomic E-state index is -0.764. The Morgan fingerprint density at radius 2 is 1.95 bits per heavy atom. The predicted octanol–water partition coefficient (Wildman–Crippen LogP) is 3.60. The summed E-state index contributed by atoms with van der Waals surface area (Å²) in [5, 5.41) is 19.5. The molecule has 0 aliphatic rings. The highest BCUT2D eigenvalue weighted by atomic mass is 19.1. The van der Waals surface area contributed by atoms with E-state index in [1.165, 1.54) is 18.2 Å². The molecule has 0 atom stereocenters. The van der Waals surface area contributed by atoms with E-state index in [-0.39, 0.29) is 11.3 Å². The summed E-state index contributed by atoms with van der Waals surface area (Å²) in [5.74, 6) is -0.690. The fraction of sp³-hybridized carbons (Fsp3) is 0.267. The molecule has 1 aromatic rings. The fourth-order valence-electron chi connectivity index (χ4n) is 1.39. The number of nitrogens with zero attached hydrogens (tertiary/aromatic N) is 2. The highest BCUT2D eigenvalue weighted by Crippen LogP contribution is 2.19. The summed E-state index contributed by atoms with van der Waals surface area (Å²) in [6, 6.07) is 7.28. The number of nitriles is 2. The van der Waals surface area contributed by atoms with Crippen LogP contribution in [0.3, 0.4) is 0 Å². The fourth-order valence-corrected chi connectivity index (χ4v) is 1.39. The van der Waals surface area contributed by atoms with E-state index in [0.29, 0.717) is 5.56 Å². The van der Waals surface area contributed by atoms with Crippen molar-refractivity contribution in [2.45, 2.75) is 26.4 Å². The third-order valence-electron chi connectivity index (χ3n) is 2.18. The molecule has 0 fully saturated rings. The Hall–Kier alpha value is -2.86. The molecule has 1 amide bonds. The van der Waals surface area contributed by atoms with Gasteiger partial charge in [0.15, 0.2) is 0 Å². The molecule has 0 aromatic heterocycles. The molecule has 0 radical (unpaired) electrons. The van der Waals surface area contributed by atoms with Crippen LogP contribution in [-0.2, 0) is 4.74 Å². The number of carbonyl (C=O) groups excluding carboxylic acids is 1. The minimum absolute atomic E-state index is 0.0446. The Balaban J connectivity index is 2.90. The van der Waals surface area contributed by atoms with Crippen LogP contribution in [0.25, 0.3) is 6.08 Å². The second-order valence-corrected chi connectivity index (χ2v) is 5.15. The quantitative estimate of drug-likeness (QED) is 0.842. The van der Waals surface area contributed by atoms with Gasteiger partial charge in [-0.2, -0.15) is 10.5 Å². The van der Waals surface area contributed by atoms with Crippen molar-refractivity contribution in [2.24, 2.45) is 0 Å². The zero-order valence-electron chi connectivity index (χ0n) is 11.9. The number of amides is 1. The van der Waals surface area contributed by atoms with Crippen molar-refractivity contribution < 1.29 is 13.9 Å². The monoisotopic (exact) mass is 287 g/mol. The Kier molecular flexibility index (Phi) is 5.04. The Morgan fingerprint density at radius 1 is 1.33 bits per heavy atom. The van der Waals surface area contributed by atoms with E-state index in [1.54, 1.807) is 32.9 Å². The molecule has 108 valence electrons. The molecule has 0 unspecified atom stereocenters. The molecule has 0 spiro atoms. The smallest absolute Gasteiger partial charge is 0.412 e. The topological polar surface area (TPSA) is 85.9 Å². The number of benzene rings is 1. The number of nitrogens with one attached hydrogen (secondary N) is 1. The van der Waals surface area contributed by atoms with Crippen molar-refractivity contribution in [2.75, 3.05) is 5.32 Å². The number of halogens is 1. The summed E-state index contributed by atoms with van der Waals surface area (Å²) in [5.41, 5.74) is -0.517. The largest absolute Gasteiger partial charge is 0.444 e. The highest BCUT2D eigenvalue weighted by molar-refractivity contribution is 5.85. The molecule has 0 saturated heterocycles. The van der Waals surface area contributed by atoms with E-state index in [0.717, 1.165) is 6.07 Å². The van der Waals surface area contributed by atoms with Gasteiger partial charge in [-0.25, -0.2) is 9.18 Å². The maximum Gasteiger partial charge on any atom is 0.412 e. The van der Waals surface area contributed by atoms with Crippen molar-refractivity contribution in [3.63, 3.8) is 0 Å². The van der Waals surface area contributed by atoms with Gasteiger partial charge < -0.3 is 4.74 Å². The molecule has 0 saturated carbocycles. The number of carbonyl (C=O) groups is 1. The van der Waals surface area contributed by atoms with Crippen LogP contribution >= 0.6 is 0 Å². The lowest BCUT2D eigenvalue weighted by molar-refractivity contribution is 0.0635. The second-order valence-electron chi connectivity index (χ2n) is 5.15. The van der Waals surface area contributed by atoms with Gasteiger partial charge in [-0.15, -0.1) is 0 Å². The van der Waals surface area contributed by atoms with Gasteiger partial charge in [0.25, 0.3) is 0 Å². The molecule has 0 aliphatic carbocycles. The van der Waals surface area contributed by atoms with E-state index >= 15 is 0 Å². The van der Waals surface area contributed by atoms with Crippen LogP contribution in [0.5, 0.6) is 0 Å². The van der Waals surface area contributed by atoms with Gasteiger partial charge in [0.2, 0.25) is 0 Å². The van der Waals surface area contributed by atoms with E-state index in [1.807, 2.05) is 0 Å². The summed E-state index contributed by atoms with van der Waals surface area (Å²) < 4.78 is 18.8. The van der Waals surface area contributed by atoms with Crippen LogP contribution in [0.2, 0.25) is 0 Å². The zero-order valence-corrected chi connectivity index (χ0v) is 11.9. The Morgan fingerprint density at radius 3 is 2.43 bits per heavy atom. The number of anilines is 1. The van der Waals surface area contributed by atoms with Gasteiger partial charge in [0.1, 0.15) is 29.1 Å². The maximum atomic E-state index is 13.8. The van der Waals surface area contributed by atoms with Crippen LogP contribution in [0.1, 0.15) is 26.3 Å².